The first-order valence-corrected chi connectivity index (χ1v) is 5.93. The molecule has 2 aromatic rings. The van der Waals surface area contributed by atoms with Gasteiger partial charge < -0.3 is 5.32 Å². The summed E-state index contributed by atoms with van der Waals surface area (Å²) >= 11 is 5.89. The maximum atomic E-state index is 5.89. The summed E-state index contributed by atoms with van der Waals surface area (Å²) < 4.78 is 1.97. The molecule has 1 fully saturated rings. The van der Waals surface area contributed by atoms with Crippen molar-refractivity contribution in [3.8, 4) is 0 Å². The van der Waals surface area contributed by atoms with Gasteiger partial charge in [-0.1, -0.05) is 18.0 Å². The molecule has 1 saturated carbocycles. The second-order valence-electron chi connectivity index (χ2n) is 4.20. The Morgan fingerprint density at radius 2 is 2.31 bits per heavy atom. The fraction of sp³-hybridized carbons (Fsp3) is 0.455. The van der Waals surface area contributed by atoms with Crippen LogP contribution in [0.15, 0.2) is 18.3 Å². The van der Waals surface area contributed by atoms with Crippen LogP contribution in [0.5, 0.6) is 0 Å². The summed E-state index contributed by atoms with van der Waals surface area (Å²) in [5.74, 6) is 0.943. The normalized spacial score (nSPS) is 16.6. The lowest BCUT2D eigenvalue weighted by Gasteiger charge is -2.26. The molecule has 2 aromatic heterocycles. The first-order chi connectivity index (χ1) is 7.83. The molecule has 1 aliphatic carbocycles. The Morgan fingerprint density at radius 3 is 3.06 bits per heavy atom. The Hall–Kier alpha value is -1.13. The van der Waals surface area contributed by atoms with Gasteiger partial charge in [-0.25, -0.2) is 0 Å². The van der Waals surface area contributed by atoms with Crippen molar-refractivity contribution < 1.29 is 0 Å². The van der Waals surface area contributed by atoms with Crippen LogP contribution in [0, 0.1) is 0 Å². The second-order valence-corrected chi connectivity index (χ2v) is 4.63. The fourth-order valence-corrected chi connectivity index (χ4v) is 2.04. The average molecular weight is 237 g/mol. The average Bonchev–Trinajstić information content (AvgIpc) is 2.58. The molecule has 0 atom stereocenters. The molecule has 0 amide bonds. The number of aromatic nitrogens is 3. The minimum Gasteiger partial charge on any atom is -0.307 e. The fourth-order valence-electron chi connectivity index (χ4n) is 1.88. The van der Waals surface area contributed by atoms with Crippen LogP contribution in [0.25, 0.3) is 5.65 Å². The molecule has 84 valence electrons. The highest BCUT2D eigenvalue weighted by Crippen LogP contribution is 2.18. The molecule has 3 rings (SSSR count). The predicted octanol–water partition coefficient (Wildman–Crippen LogP) is 2.02. The number of pyridine rings is 1. The monoisotopic (exact) mass is 236 g/mol. The highest BCUT2D eigenvalue weighted by atomic mass is 35.5. The third-order valence-electron chi connectivity index (χ3n) is 3.10. The summed E-state index contributed by atoms with van der Waals surface area (Å²) in [6.07, 6.45) is 5.81. The van der Waals surface area contributed by atoms with E-state index in [2.05, 4.69) is 15.5 Å². The summed E-state index contributed by atoms with van der Waals surface area (Å²) in [5.41, 5.74) is 0.804. The first-order valence-electron chi connectivity index (χ1n) is 5.55. The number of halogens is 1. The van der Waals surface area contributed by atoms with Crippen LogP contribution in [-0.2, 0) is 6.54 Å². The third kappa shape index (κ3) is 1.79. The zero-order chi connectivity index (χ0) is 11.0. The second kappa shape index (κ2) is 4.03. The SMILES string of the molecule is Clc1ccn2c(CNC3CCC3)nnc2c1. The maximum absolute atomic E-state index is 5.89. The largest absolute Gasteiger partial charge is 0.307 e. The van der Waals surface area contributed by atoms with Crippen LogP contribution in [0.4, 0.5) is 0 Å². The minimum absolute atomic E-state index is 0.666. The van der Waals surface area contributed by atoms with Gasteiger partial charge in [0, 0.05) is 23.3 Å². The molecular formula is C11H13ClN4. The molecular weight excluding hydrogens is 224 g/mol. The minimum atomic E-state index is 0.666. The molecule has 0 spiro atoms. The molecule has 0 aliphatic heterocycles. The van der Waals surface area contributed by atoms with Gasteiger partial charge in [-0.05, 0) is 18.9 Å². The highest BCUT2D eigenvalue weighted by Gasteiger charge is 2.17. The lowest BCUT2D eigenvalue weighted by Crippen LogP contribution is -2.35. The van der Waals surface area contributed by atoms with Crippen molar-refractivity contribution in [2.45, 2.75) is 31.8 Å². The van der Waals surface area contributed by atoms with Gasteiger partial charge in [-0.15, -0.1) is 10.2 Å². The maximum Gasteiger partial charge on any atom is 0.162 e. The van der Waals surface area contributed by atoms with Crippen molar-refractivity contribution in [1.82, 2.24) is 19.9 Å². The number of hydrogen-bond donors (Lipinski definition) is 1. The topological polar surface area (TPSA) is 42.2 Å². The van der Waals surface area contributed by atoms with Gasteiger partial charge >= 0.3 is 0 Å². The van der Waals surface area contributed by atoms with Gasteiger partial charge in [0.15, 0.2) is 11.5 Å². The standard InChI is InChI=1S/C11H13ClN4/c12-8-4-5-16-10(6-8)14-15-11(16)7-13-9-2-1-3-9/h4-6,9,13H,1-3,7H2. The van der Waals surface area contributed by atoms with Crippen molar-refractivity contribution in [1.29, 1.82) is 0 Å². The van der Waals surface area contributed by atoms with Gasteiger partial charge in [0.05, 0.1) is 6.54 Å². The lowest BCUT2D eigenvalue weighted by atomic mass is 9.93. The van der Waals surface area contributed by atoms with Crippen molar-refractivity contribution in [3.05, 3.63) is 29.2 Å². The van der Waals surface area contributed by atoms with Gasteiger partial charge in [0.1, 0.15) is 0 Å². The van der Waals surface area contributed by atoms with Crippen LogP contribution in [0.2, 0.25) is 5.02 Å². The van der Waals surface area contributed by atoms with E-state index in [-0.39, 0.29) is 0 Å². The van der Waals surface area contributed by atoms with Gasteiger partial charge in [0.25, 0.3) is 0 Å². The zero-order valence-corrected chi connectivity index (χ0v) is 9.61. The molecule has 1 N–H and O–H groups in total. The number of fused-ring (bicyclic) bond motifs is 1. The molecule has 1 aliphatic rings. The van der Waals surface area contributed by atoms with Gasteiger partial charge in [-0.3, -0.25) is 4.40 Å². The van der Waals surface area contributed by atoms with Crippen LogP contribution in [-0.4, -0.2) is 20.6 Å². The van der Waals surface area contributed by atoms with Crippen LogP contribution in [0.1, 0.15) is 25.1 Å². The van der Waals surface area contributed by atoms with E-state index >= 15 is 0 Å². The van der Waals surface area contributed by atoms with Crippen LogP contribution >= 0.6 is 11.6 Å². The number of rotatable bonds is 3. The molecule has 16 heavy (non-hydrogen) atoms. The number of hydrogen-bond acceptors (Lipinski definition) is 3. The quantitative estimate of drug-likeness (QED) is 0.887. The summed E-state index contributed by atoms with van der Waals surface area (Å²) in [4.78, 5) is 0. The van der Waals surface area contributed by atoms with Crippen molar-refractivity contribution in [2.75, 3.05) is 0 Å². The smallest absolute Gasteiger partial charge is 0.162 e. The molecule has 0 unspecified atom stereocenters. The van der Waals surface area contributed by atoms with E-state index in [9.17, 15) is 0 Å². The van der Waals surface area contributed by atoms with Crippen LogP contribution < -0.4 is 5.32 Å². The Morgan fingerprint density at radius 1 is 1.44 bits per heavy atom. The molecule has 5 heteroatoms. The third-order valence-corrected chi connectivity index (χ3v) is 3.33. The molecule has 0 bridgehead atoms. The van der Waals surface area contributed by atoms with Gasteiger partial charge in [0.2, 0.25) is 0 Å². The zero-order valence-electron chi connectivity index (χ0n) is 8.86. The van der Waals surface area contributed by atoms with Crippen molar-refractivity contribution >= 4 is 17.2 Å². The Labute approximate surface area is 98.6 Å². The Balaban J connectivity index is 1.80. The highest BCUT2D eigenvalue weighted by molar-refractivity contribution is 6.30. The van der Waals surface area contributed by atoms with Crippen molar-refractivity contribution in [3.63, 3.8) is 0 Å². The Bertz CT molecular complexity index is 504. The molecule has 2 heterocycles. The summed E-state index contributed by atoms with van der Waals surface area (Å²) in [5, 5.41) is 12.4. The first kappa shape index (κ1) is 10.1. The van der Waals surface area contributed by atoms with Crippen molar-refractivity contribution in [2.24, 2.45) is 0 Å². The van der Waals surface area contributed by atoms with E-state index in [0.717, 1.165) is 18.0 Å². The summed E-state index contributed by atoms with van der Waals surface area (Å²) in [6.45, 7) is 0.771. The summed E-state index contributed by atoms with van der Waals surface area (Å²) in [6, 6.07) is 4.34. The Kier molecular flexibility index (Phi) is 2.53. The molecule has 0 saturated heterocycles. The summed E-state index contributed by atoms with van der Waals surface area (Å²) in [7, 11) is 0. The molecule has 0 radical (unpaired) electrons. The van der Waals surface area contributed by atoms with E-state index in [4.69, 9.17) is 11.6 Å². The van der Waals surface area contributed by atoms with E-state index in [1.165, 1.54) is 19.3 Å². The number of nitrogens with one attached hydrogen (secondary N) is 1. The molecule has 4 nitrogen and oxygen atoms in total. The van der Waals surface area contributed by atoms with E-state index in [0.29, 0.717) is 11.1 Å². The number of nitrogens with zero attached hydrogens (tertiary/aromatic N) is 3. The predicted molar refractivity (Wildman–Crippen MR) is 62.5 cm³/mol. The van der Waals surface area contributed by atoms with E-state index in [1.807, 2.05) is 22.7 Å². The van der Waals surface area contributed by atoms with E-state index in [1.54, 1.807) is 0 Å². The van der Waals surface area contributed by atoms with Crippen LogP contribution in [0.3, 0.4) is 0 Å². The van der Waals surface area contributed by atoms with E-state index < -0.39 is 0 Å². The lowest BCUT2D eigenvalue weighted by molar-refractivity contribution is 0.335. The van der Waals surface area contributed by atoms with Gasteiger partial charge in [-0.2, -0.15) is 0 Å². The molecule has 0 aromatic carbocycles.